The van der Waals surface area contributed by atoms with E-state index in [0.29, 0.717) is 12.6 Å². The largest absolute Gasteiger partial charge is 0.340 e. The predicted octanol–water partition coefficient (Wildman–Crippen LogP) is 3.85. The molecule has 1 fully saturated rings. The number of amides is 1. The van der Waals surface area contributed by atoms with E-state index in [-0.39, 0.29) is 11.9 Å². The summed E-state index contributed by atoms with van der Waals surface area (Å²) in [5.41, 5.74) is 1.17. The van der Waals surface area contributed by atoms with Crippen LogP contribution >= 0.6 is 0 Å². The lowest BCUT2D eigenvalue weighted by Gasteiger charge is -2.36. The Morgan fingerprint density at radius 2 is 1.96 bits per heavy atom. The van der Waals surface area contributed by atoms with Crippen LogP contribution in [0.1, 0.15) is 44.6 Å². The average Bonchev–Trinajstić information content (AvgIpc) is 2.67. The van der Waals surface area contributed by atoms with Gasteiger partial charge in [0.05, 0.1) is 6.04 Å². The highest BCUT2D eigenvalue weighted by Gasteiger charge is 2.28. The first-order valence-electron chi connectivity index (χ1n) is 9.36. The van der Waals surface area contributed by atoms with Gasteiger partial charge in [0.1, 0.15) is 0 Å². The highest BCUT2D eigenvalue weighted by atomic mass is 16.2. The van der Waals surface area contributed by atoms with Crippen molar-refractivity contribution in [1.82, 2.24) is 14.8 Å². The average molecular weight is 339 g/mol. The molecule has 2 aromatic rings. The summed E-state index contributed by atoms with van der Waals surface area (Å²) >= 11 is 0. The minimum Gasteiger partial charge on any atom is -0.340 e. The van der Waals surface area contributed by atoms with Crippen LogP contribution < -0.4 is 0 Å². The molecule has 1 saturated carbocycles. The van der Waals surface area contributed by atoms with Crippen LogP contribution in [0.25, 0.3) is 10.8 Å². The Kier molecular flexibility index (Phi) is 5.69. The van der Waals surface area contributed by atoms with Crippen molar-refractivity contribution in [2.75, 3.05) is 14.1 Å². The van der Waals surface area contributed by atoms with Crippen molar-refractivity contribution in [2.24, 2.45) is 0 Å². The van der Waals surface area contributed by atoms with Gasteiger partial charge < -0.3 is 4.90 Å². The van der Waals surface area contributed by atoms with E-state index in [1.807, 2.05) is 43.4 Å². The molecule has 1 aliphatic carbocycles. The van der Waals surface area contributed by atoms with Gasteiger partial charge in [-0.1, -0.05) is 37.5 Å². The Hall–Kier alpha value is -1.94. The monoisotopic (exact) mass is 339 g/mol. The summed E-state index contributed by atoms with van der Waals surface area (Å²) in [6.45, 7) is 2.67. The second-order valence-electron chi connectivity index (χ2n) is 7.34. The minimum absolute atomic E-state index is 0.0789. The topological polar surface area (TPSA) is 36.4 Å². The number of pyridine rings is 1. The molecule has 3 rings (SSSR count). The molecule has 1 heterocycles. The molecule has 0 radical (unpaired) electrons. The Labute approximate surface area is 150 Å². The molecule has 1 unspecified atom stereocenters. The lowest BCUT2D eigenvalue weighted by atomic mass is 9.93. The molecular formula is C21H29N3O. The SMILES string of the molecule is CC(C(=O)N(C)Cc1cccc2cnccc12)N(C)C1CCCCC1. The number of carbonyl (C=O) groups excluding carboxylic acids is 1. The minimum atomic E-state index is -0.0789. The van der Waals surface area contributed by atoms with Gasteiger partial charge in [-0.15, -0.1) is 0 Å². The molecule has 134 valence electrons. The van der Waals surface area contributed by atoms with Gasteiger partial charge in [-0.05, 0) is 43.8 Å². The van der Waals surface area contributed by atoms with Crippen molar-refractivity contribution in [3.05, 3.63) is 42.2 Å². The number of rotatable bonds is 5. The maximum Gasteiger partial charge on any atom is 0.239 e. The number of likely N-dealkylation sites (N-methyl/N-ethyl adjacent to an activating group) is 2. The lowest BCUT2D eigenvalue weighted by Crippen LogP contribution is -2.48. The molecule has 4 nitrogen and oxygen atoms in total. The van der Waals surface area contributed by atoms with Crippen LogP contribution in [-0.4, -0.2) is 46.9 Å². The number of carbonyl (C=O) groups is 1. The van der Waals surface area contributed by atoms with Crippen molar-refractivity contribution < 1.29 is 4.79 Å². The van der Waals surface area contributed by atoms with Crippen molar-refractivity contribution >= 4 is 16.7 Å². The zero-order chi connectivity index (χ0) is 17.8. The van der Waals surface area contributed by atoms with Crippen molar-refractivity contribution in [3.8, 4) is 0 Å². The Balaban J connectivity index is 1.69. The summed E-state index contributed by atoms with van der Waals surface area (Å²) in [4.78, 5) is 21.3. The van der Waals surface area contributed by atoms with Crippen LogP contribution in [0.2, 0.25) is 0 Å². The standard InChI is InChI=1S/C21H29N3O/c1-16(24(3)19-10-5-4-6-11-19)21(25)23(2)15-18-9-7-8-17-14-22-13-12-20(17)18/h7-9,12-14,16,19H,4-6,10-11,15H2,1-3H3. The number of fused-ring (bicyclic) bond motifs is 1. The van der Waals surface area contributed by atoms with Crippen molar-refractivity contribution in [1.29, 1.82) is 0 Å². The number of aromatic nitrogens is 1. The summed E-state index contributed by atoms with van der Waals surface area (Å²) in [5, 5.41) is 2.29. The summed E-state index contributed by atoms with van der Waals surface area (Å²) in [5.74, 6) is 0.194. The highest BCUT2D eigenvalue weighted by molar-refractivity contribution is 5.86. The Morgan fingerprint density at radius 1 is 1.20 bits per heavy atom. The van der Waals surface area contributed by atoms with Crippen LogP contribution in [0.3, 0.4) is 0 Å². The molecule has 0 N–H and O–H groups in total. The third-order valence-electron chi connectivity index (χ3n) is 5.67. The molecular weight excluding hydrogens is 310 g/mol. The summed E-state index contributed by atoms with van der Waals surface area (Å²) in [6.07, 6.45) is 10.0. The van der Waals surface area contributed by atoms with E-state index < -0.39 is 0 Å². The fraction of sp³-hybridized carbons (Fsp3) is 0.524. The highest BCUT2D eigenvalue weighted by Crippen LogP contribution is 2.24. The van der Waals surface area contributed by atoms with E-state index in [1.165, 1.54) is 43.1 Å². The molecule has 1 atom stereocenters. The normalized spacial score (nSPS) is 17.0. The second-order valence-corrected chi connectivity index (χ2v) is 7.34. The van der Waals surface area contributed by atoms with Crippen molar-refractivity contribution in [2.45, 2.75) is 57.7 Å². The first kappa shape index (κ1) is 17.9. The number of hydrogen-bond acceptors (Lipinski definition) is 3. The fourth-order valence-corrected chi connectivity index (χ4v) is 3.96. The molecule has 1 aromatic carbocycles. The molecule has 1 aliphatic rings. The van der Waals surface area contributed by atoms with Gasteiger partial charge in [0.25, 0.3) is 0 Å². The number of nitrogens with zero attached hydrogens (tertiary/aromatic N) is 3. The van der Waals surface area contributed by atoms with E-state index in [0.717, 1.165) is 5.39 Å². The van der Waals surface area contributed by atoms with E-state index >= 15 is 0 Å². The summed E-state index contributed by atoms with van der Waals surface area (Å²) < 4.78 is 0. The molecule has 0 bridgehead atoms. The van der Waals surface area contributed by atoms with E-state index in [4.69, 9.17) is 0 Å². The maximum atomic E-state index is 12.9. The number of benzene rings is 1. The van der Waals surface area contributed by atoms with Gasteiger partial charge in [0, 0.05) is 37.4 Å². The van der Waals surface area contributed by atoms with Gasteiger partial charge in [-0.25, -0.2) is 0 Å². The van der Waals surface area contributed by atoms with E-state index in [2.05, 4.69) is 29.1 Å². The van der Waals surface area contributed by atoms with Crippen LogP contribution in [-0.2, 0) is 11.3 Å². The van der Waals surface area contributed by atoms with Crippen LogP contribution in [0.5, 0.6) is 0 Å². The summed E-state index contributed by atoms with van der Waals surface area (Å²) in [7, 11) is 4.02. The molecule has 25 heavy (non-hydrogen) atoms. The van der Waals surface area contributed by atoms with Gasteiger partial charge in [-0.3, -0.25) is 14.7 Å². The van der Waals surface area contributed by atoms with E-state index in [9.17, 15) is 4.79 Å². The Bertz CT molecular complexity index is 719. The molecule has 0 aliphatic heterocycles. The fourth-order valence-electron chi connectivity index (χ4n) is 3.96. The van der Waals surface area contributed by atoms with Crippen LogP contribution in [0.4, 0.5) is 0 Å². The van der Waals surface area contributed by atoms with Gasteiger partial charge in [-0.2, -0.15) is 0 Å². The van der Waals surface area contributed by atoms with Crippen LogP contribution in [0.15, 0.2) is 36.7 Å². The lowest BCUT2D eigenvalue weighted by molar-refractivity contribution is -0.136. The maximum absolute atomic E-state index is 12.9. The first-order valence-corrected chi connectivity index (χ1v) is 9.36. The third-order valence-corrected chi connectivity index (χ3v) is 5.67. The zero-order valence-electron chi connectivity index (χ0n) is 15.6. The molecule has 0 spiro atoms. The molecule has 0 saturated heterocycles. The number of hydrogen-bond donors (Lipinski definition) is 0. The Morgan fingerprint density at radius 3 is 2.72 bits per heavy atom. The second kappa shape index (κ2) is 7.96. The van der Waals surface area contributed by atoms with Crippen molar-refractivity contribution in [3.63, 3.8) is 0 Å². The van der Waals surface area contributed by atoms with Gasteiger partial charge >= 0.3 is 0 Å². The first-order chi connectivity index (χ1) is 12.1. The van der Waals surface area contributed by atoms with Gasteiger partial charge in [0.2, 0.25) is 5.91 Å². The van der Waals surface area contributed by atoms with Crippen LogP contribution in [0, 0.1) is 0 Å². The smallest absolute Gasteiger partial charge is 0.239 e. The quantitative estimate of drug-likeness (QED) is 0.830. The zero-order valence-corrected chi connectivity index (χ0v) is 15.6. The van der Waals surface area contributed by atoms with Gasteiger partial charge in [0.15, 0.2) is 0 Å². The third kappa shape index (κ3) is 4.01. The predicted molar refractivity (Wildman–Crippen MR) is 102 cm³/mol. The molecule has 1 amide bonds. The molecule has 4 heteroatoms. The van der Waals surface area contributed by atoms with E-state index in [1.54, 1.807) is 0 Å². The molecule has 1 aromatic heterocycles. The summed E-state index contributed by atoms with van der Waals surface area (Å²) in [6, 6.07) is 8.69.